The van der Waals surface area contributed by atoms with Gasteiger partial charge in [0.15, 0.2) is 0 Å². The monoisotopic (exact) mass is 408 g/mol. The zero-order valence-corrected chi connectivity index (χ0v) is 17.0. The zero-order chi connectivity index (χ0) is 21.2. The van der Waals surface area contributed by atoms with E-state index in [2.05, 4.69) is 26.0 Å². The second-order valence-corrected chi connectivity index (χ2v) is 7.28. The molecular weight excluding hydrogens is 380 g/mol. The molecule has 1 saturated heterocycles. The summed E-state index contributed by atoms with van der Waals surface area (Å²) in [5.41, 5.74) is 1.67. The minimum absolute atomic E-state index is 0.0610. The number of nitrogens with zero attached hydrogens (tertiary/aromatic N) is 3. The molecule has 1 aromatic carbocycles. The maximum Gasteiger partial charge on any atom is 0.228 e. The lowest BCUT2D eigenvalue weighted by molar-refractivity contribution is -0.115. The molecule has 1 amide bonds. The molecule has 2 heterocycles. The molecule has 1 unspecified atom stereocenters. The largest absolute Gasteiger partial charge is 0.389 e. The Labute approximate surface area is 177 Å². The quantitative estimate of drug-likeness (QED) is 0.482. The van der Waals surface area contributed by atoms with Crippen LogP contribution in [0.1, 0.15) is 5.56 Å². The van der Waals surface area contributed by atoms with Crippen molar-refractivity contribution in [1.29, 1.82) is 0 Å². The number of rotatable bonds is 9. The molecule has 1 aliphatic heterocycles. The second kappa shape index (κ2) is 11.3. The Morgan fingerprint density at radius 2 is 1.97 bits per heavy atom. The summed E-state index contributed by atoms with van der Waals surface area (Å²) in [6.07, 6.45) is 6.62. The summed E-state index contributed by atoms with van der Waals surface area (Å²) in [6.45, 7) is 4.36. The fourth-order valence-electron chi connectivity index (χ4n) is 3.40. The van der Waals surface area contributed by atoms with Gasteiger partial charge in [0.05, 0.1) is 31.0 Å². The van der Waals surface area contributed by atoms with E-state index in [0.29, 0.717) is 18.7 Å². The van der Waals surface area contributed by atoms with Crippen molar-refractivity contribution in [3.8, 4) is 12.3 Å². The van der Waals surface area contributed by atoms with Crippen LogP contribution in [0.4, 0.5) is 11.5 Å². The molecule has 158 valence electrons. The zero-order valence-electron chi connectivity index (χ0n) is 17.0. The number of hydrogen-bond acceptors (Lipinski definition) is 6. The summed E-state index contributed by atoms with van der Waals surface area (Å²) >= 11 is 0. The van der Waals surface area contributed by atoms with Gasteiger partial charge in [-0.2, -0.15) is 0 Å². The molecule has 0 bridgehead atoms. The number of pyridine rings is 1. The molecule has 3 rings (SSSR count). The molecule has 1 aromatic heterocycles. The molecule has 0 spiro atoms. The van der Waals surface area contributed by atoms with E-state index in [9.17, 15) is 9.90 Å². The van der Waals surface area contributed by atoms with Crippen LogP contribution in [0, 0.1) is 12.3 Å². The average molecular weight is 409 g/mol. The number of nitrogens with one attached hydrogen (secondary N) is 1. The number of carbonyl (C=O) groups excluding carboxylic acids is 1. The van der Waals surface area contributed by atoms with E-state index in [-0.39, 0.29) is 19.1 Å². The summed E-state index contributed by atoms with van der Waals surface area (Å²) in [7, 11) is 0. The van der Waals surface area contributed by atoms with E-state index in [1.54, 1.807) is 6.20 Å². The van der Waals surface area contributed by atoms with Crippen LogP contribution in [0.3, 0.4) is 0 Å². The first kappa shape index (κ1) is 21.8. The highest BCUT2D eigenvalue weighted by atomic mass is 16.5. The van der Waals surface area contributed by atoms with Gasteiger partial charge in [0.2, 0.25) is 5.91 Å². The van der Waals surface area contributed by atoms with Gasteiger partial charge in [-0.3, -0.25) is 9.69 Å². The molecule has 7 heteroatoms. The minimum Gasteiger partial charge on any atom is -0.389 e. The Bertz CT molecular complexity index is 828. The van der Waals surface area contributed by atoms with Gasteiger partial charge in [-0.15, -0.1) is 6.42 Å². The van der Waals surface area contributed by atoms with E-state index in [4.69, 9.17) is 11.2 Å². The van der Waals surface area contributed by atoms with Crippen molar-refractivity contribution >= 4 is 17.4 Å². The second-order valence-electron chi connectivity index (χ2n) is 7.28. The van der Waals surface area contributed by atoms with E-state index in [1.807, 2.05) is 42.5 Å². The predicted octanol–water partition coefficient (Wildman–Crippen LogP) is 1.40. The summed E-state index contributed by atoms with van der Waals surface area (Å²) in [5.74, 6) is 3.21. The van der Waals surface area contributed by atoms with Crippen LogP contribution in [-0.4, -0.2) is 72.9 Å². The SMILES string of the molecule is C#CCOCC(O)CN1CCN(c2ccc(NC(=O)Cc3ccccc3)cn2)CC1. The minimum atomic E-state index is -0.540. The molecular formula is C23H28N4O3. The number of aliphatic hydroxyl groups excluding tert-OH is 1. The topological polar surface area (TPSA) is 77.9 Å². The Hall–Kier alpha value is -2.92. The Morgan fingerprint density at radius 3 is 2.63 bits per heavy atom. The van der Waals surface area contributed by atoms with Crippen molar-refractivity contribution in [3.63, 3.8) is 0 Å². The molecule has 2 N–H and O–H groups in total. The fourth-order valence-corrected chi connectivity index (χ4v) is 3.40. The van der Waals surface area contributed by atoms with Crippen LogP contribution in [0.2, 0.25) is 0 Å². The highest BCUT2D eigenvalue weighted by Gasteiger charge is 2.20. The Morgan fingerprint density at radius 1 is 1.20 bits per heavy atom. The third kappa shape index (κ3) is 6.85. The van der Waals surface area contributed by atoms with E-state index >= 15 is 0 Å². The highest BCUT2D eigenvalue weighted by Crippen LogP contribution is 2.16. The van der Waals surface area contributed by atoms with E-state index in [1.165, 1.54) is 0 Å². The number of anilines is 2. The number of aliphatic hydroxyl groups is 1. The van der Waals surface area contributed by atoms with Gasteiger partial charge in [-0.1, -0.05) is 36.3 Å². The maximum atomic E-state index is 12.2. The number of β-amino-alcohol motifs (C(OH)–C–C–N with tert-alkyl or cyclic N) is 1. The first-order chi connectivity index (χ1) is 14.6. The van der Waals surface area contributed by atoms with Crippen molar-refractivity contribution in [2.24, 2.45) is 0 Å². The normalized spacial score (nSPS) is 15.4. The number of piperazine rings is 1. The van der Waals surface area contributed by atoms with Gasteiger partial charge in [-0.25, -0.2) is 4.98 Å². The van der Waals surface area contributed by atoms with Crippen LogP contribution in [0.25, 0.3) is 0 Å². The summed E-state index contributed by atoms with van der Waals surface area (Å²) in [5, 5.41) is 12.9. The van der Waals surface area contributed by atoms with Gasteiger partial charge < -0.3 is 20.1 Å². The number of aromatic nitrogens is 1. The first-order valence-electron chi connectivity index (χ1n) is 10.1. The third-order valence-corrected chi connectivity index (χ3v) is 4.90. The molecule has 1 fully saturated rings. The van der Waals surface area contributed by atoms with Crippen molar-refractivity contribution in [2.45, 2.75) is 12.5 Å². The van der Waals surface area contributed by atoms with Gasteiger partial charge in [0.1, 0.15) is 12.4 Å². The van der Waals surface area contributed by atoms with Crippen LogP contribution in [0.15, 0.2) is 48.7 Å². The van der Waals surface area contributed by atoms with E-state index in [0.717, 1.165) is 37.6 Å². The van der Waals surface area contributed by atoms with Crippen molar-refractivity contribution < 1.29 is 14.6 Å². The van der Waals surface area contributed by atoms with Gasteiger partial charge in [0.25, 0.3) is 0 Å². The molecule has 0 saturated carbocycles. The molecule has 1 aliphatic rings. The van der Waals surface area contributed by atoms with Crippen molar-refractivity contribution in [3.05, 3.63) is 54.2 Å². The summed E-state index contributed by atoms with van der Waals surface area (Å²) in [6, 6.07) is 13.5. The number of terminal acetylenes is 1. The number of carbonyl (C=O) groups is 1. The van der Waals surface area contributed by atoms with E-state index < -0.39 is 6.10 Å². The number of amides is 1. The molecule has 0 radical (unpaired) electrons. The van der Waals surface area contributed by atoms with Crippen LogP contribution < -0.4 is 10.2 Å². The number of hydrogen-bond donors (Lipinski definition) is 2. The van der Waals surface area contributed by atoms with Crippen molar-refractivity contribution in [1.82, 2.24) is 9.88 Å². The Kier molecular flexibility index (Phi) is 8.21. The average Bonchev–Trinajstić information content (AvgIpc) is 2.76. The predicted molar refractivity (Wildman–Crippen MR) is 117 cm³/mol. The lowest BCUT2D eigenvalue weighted by atomic mass is 10.1. The maximum absolute atomic E-state index is 12.2. The third-order valence-electron chi connectivity index (χ3n) is 4.90. The van der Waals surface area contributed by atoms with Crippen LogP contribution in [-0.2, 0) is 16.0 Å². The van der Waals surface area contributed by atoms with Crippen LogP contribution in [0.5, 0.6) is 0 Å². The molecule has 30 heavy (non-hydrogen) atoms. The fraction of sp³-hybridized carbons (Fsp3) is 0.391. The first-order valence-corrected chi connectivity index (χ1v) is 10.1. The summed E-state index contributed by atoms with van der Waals surface area (Å²) < 4.78 is 5.19. The number of ether oxygens (including phenoxy) is 1. The molecule has 0 aliphatic carbocycles. The molecule has 1 atom stereocenters. The molecule has 7 nitrogen and oxygen atoms in total. The Balaban J connectivity index is 1.42. The highest BCUT2D eigenvalue weighted by molar-refractivity contribution is 5.92. The lowest BCUT2D eigenvalue weighted by Gasteiger charge is -2.36. The van der Waals surface area contributed by atoms with Crippen LogP contribution >= 0.6 is 0 Å². The smallest absolute Gasteiger partial charge is 0.228 e. The van der Waals surface area contributed by atoms with Gasteiger partial charge >= 0.3 is 0 Å². The molecule has 2 aromatic rings. The summed E-state index contributed by atoms with van der Waals surface area (Å²) in [4.78, 5) is 21.1. The van der Waals surface area contributed by atoms with Crippen molar-refractivity contribution in [2.75, 3.05) is 56.2 Å². The standard InChI is InChI=1S/C23H28N4O3/c1-2-14-30-18-21(28)17-26-10-12-27(13-11-26)22-9-8-20(16-24-22)25-23(29)15-19-6-4-3-5-7-19/h1,3-9,16,21,28H,10-15,17-18H2,(H,25,29). The van der Waals surface area contributed by atoms with Gasteiger partial charge in [0, 0.05) is 32.7 Å². The lowest BCUT2D eigenvalue weighted by Crippen LogP contribution is -2.49. The number of benzene rings is 1. The van der Waals surface area contributed by atoms with Gasteiger partial charge in [-0.05, 0) is 17.7 Å².